The predicted octanol–water partition coefficient (Wildman–Crippen LogP) is 2.85. The summed E-state index contributed by atoms with van der Waals surface area (Å²) in [6.07, 6.45) is 0. The van der Waals surface area contributed by atoms with Crippen LogP contribution in [-0.2, 0) is 4.79 Å². The van der Waals surface area contributed by atoms with Crippen molar-refractivity contribution in [3.8, 4) is 11.5 Å². The molecule has 1 aliphatic heterocycles. The number of ether oxygens (including phenoxy) is 2. The van der Waals surface area contributed by atoms with Crippen molar-refractivity contribution in [1.29, 1.82) is 0 Å². The Kier molecular flexibility index (Phi) is 6.54. The minimum absolute atomic E-state index is 0.0253. The van der Waals surface area contributed by atoms with Gasteiger partial charge in [0.15, 0.2) is 0 Å². The second-order valence-electron chi connectivity index (χ2n) is 6.41. The van der Waals surface area contributed by atoms with Crippen LogP contribution in [0.2, 0.25) is 0 Å². The molecule has 0 spiro atoms. The van der Waals surface area contributed by atoms with Crippen molar-refractivity contribution < 1.29 is 14.3 Å². The fourth-order valence-electron chi connectivity index (χ4n) is 3.28. The monoisotopic (exact) mass is 369 g/mol. The number of carbonyl (C=O) groups excluding carboxylic acids is 1. The molecule has 0 atom stereocenters. The van der Waals surface area contributed by atoms with Crippen molar-refractivity contribution in [3.63, 3.8) is 0 Å². The molecule has 0 saturated carbocycles. The van der Waals surface area contributed by atoms with E-state index in [4.69, 9.17) is 9.47 Å². The van der Waals surface area contributed by atoms with E-state index in [1.165, 1.54) is 0 Å². The molecule has 1 amide bonds. The number of carbonyl (C=O) groups is 1. The van der Waals surface area contributed by atoms with Gasteiger partial charge in [0, 0.05) is 26.2 Å². The first kappa shape index (κ1) is 19.0. The van der Waals surface area contributed by atoms with Crippen molar-refractivity contribution >= 4 is 17.3 Å². The van der Waals surface area contributed by atoms with Crippen molar-refractivity contribution in [2.75, 3.05) is 56.7 Å². The largest absolute Gasteiger partial charge is 0.495 e. The summed E-state index contributed by atoms with van der Waals surface area (Å²) in [5, 5.41) is 2.94. The number of para-hydroxylation sites is 4. The molecule has 6 nitrogen and oxygen atoms in total. The molecular weight excluding hydrogens is 342 g/mol. The Morgan fingerprint density at radius 3 is 2.37 bits per heavy atom. The third kappa shape index (κ3) is 4.92. The first-order chi connectivity index (χ1) is 13.2. The van der Waals surface area contributed by atoms with Gasteiger partial charge in [-0.1, -0.05) is 24.3 Å². The molecule has 1 fully saturated rings. The summed E-state index contributed by atoms with van der Waals surface area (Å²) >= 11 is 0. The SMILES string of the molecule is CCOc1ccccc1N1CCN(CC(=O)Nc2ccccc2OC)CC1. The lowest BCUT2D eigenvalue weighted by Gasteiger charge is -2.36. The van der Waals surface area contributed by atoms with Gasteiger partial charge in [0.05, 0.1) is 31.6 Å². The van der Waals surface area contributed by atoms with Crippen LogP contribution in [0.4, 0.5) is 11.4 Å². The van der Waals surface area contributed by atoms with Gasteiger partial charge >= 0.3 is 0 Å². The van der Waals surface area contributed by atoms with E-state index in [1.54, 1.807) is 7.11 Å². The predicted molar refractivity (Wildman–Crippen MR) is 108 cm³/mol. The molecule has 144 valence electrons. The van der Waals surface area contributed by atoms with Crippen LogP contribution in [0.25, 0.3) is 0 Å². The first-order valence-electron chi connectivity index (χ1n) is 9.33. The summed E-state index contributed by atoms with van der Waals surface area (Å²) in [4.78, 5) is 16.9. The van der Waals surface area contributed by atoms with Gasteiger partial charge in [-0.3, -0.25) is 9.69 Å². The number of amides is 1. The molecule has 0 bridgehead atoms. The lowest BCUT2D eigenvalue weighted by Crippen LogP contribution is -2.48. The number of piperazine rings is 1. The van der Waals surface area contributed by atoms with E-state index in [0.29, 0.717) is 24.6 Å². The summed E-state index contributed by atoms with van der Waals surface area (Å²) in [5.41, 5.74) is 1.83. The van der Waals surface area contributed by atoms with Crippen molar-refractivity contribution in [3.05, 3.63) is 48.5 Å². The third-order valence-electron chi connectivity index (χ3n) is 4.63. The topological polar surface area (TPSA) is 54.0 Å². The van der Waals surface area contributed by atoms with Gasteiger partial charge in [-0.05, 0) is 31.2 Å². The number of nitrogens with zero attached hydrogens (tertiary/aromatic N) is 2. The summed E-state index contributed by atoms with van der Waals surface area (Å²) in [7, 11) is 1.60. The molecule has 1 saturated heterocycles. The highest BCUT2D eigenvalue weighted by Gasteiger charge is 2.21. The minimum atomic E-state index is -0.0253. The molecule has 2 aromatic rings. The number of anilines is 2. The smallest absolute Gasteiger partial charge is 0.238 e. The summed E-state index contributed by atoms with van der Waals surface area (Å²) < 4.78 is 11.0. The number of methoxy groups -OCH3 is 1. The lowest BCUT2D eigenvalue weighted by molar-refractivity contribution is -0.117. The molecule has 3 rings (SSSR count). The van der Waals surface area contributed by atoms with Crippen LogP contribution >= 0.6 is 0 Å². The van der Waals surface area contributed by atoms with E-state index in [0.717, 1.165) is 37.6 Å². The van der Waals surface area contributed by atoms with Crippen molar-refractivity contribution in [2.45, 2.75) is 6.92 Å². The van der Waals surface area contributed by atoms with Gasteiger partial charge in [-0.2, -0.15) is 0 Å². The summed E-state index contributed by atoms with van der Waals surface area (Å²) in [5.74, 6) is 1.56. The van der Waals surface area contributed by atoms with Crippen LogP contribution in [0.15, 0.2) is 48.5 Å². The molecule has 27 heavy (non-hydrogen) atoms. The number of benzene rings is 2. The zero-order valence-corrected chi connectivity index (χ0v) is 16.0. The molecule has 1 N–H and O–H groups in total. The molecule has 0 unspecified atom stereocenters. The van der Waals surface area contributed by atoms with E-state index in [9.17, 15) is 4.79 Å². The average Bonchev–Trinajstić information content (AvgIpc) is 2.70. The first-order valence-corrected chi connectivity index (χ1v) is 9.33. The number of hydrogen-bond acceptors (Lipinski definition) is 5. The molecule has 0 aromatic heterocycles. The van der Waals surface area contributed by atoms with Gasteiger partial charge in [0.2, 0.25) is 5.91 Å². The summed E-state index contributed by atoms with van der Waals surface area (Å²) in [6.45, 7) is 6.42. The van der Waals surface area contributed by atoms with Gasteiger partial charge in [-0.15, -0.1) is 0 Å². The van der Waals surface area contributed by atoms with Gasteiger partial charge in [0.1, 0.15) is 11.5 Å². The highest BCUT2D eigenvalue weighted by atomic mass is 16.5. The molecule has 1 aliphatic rings. The molecule has 0 radical (unpaired) electrons. The van der Waals surface area contributed by atoms with Crippen molar-refractivity contribution in [1.82, 2.24) is 4.90 Å². The van der Waals surface area contributed by atoms with E-state index in [1.807, 2.05) is 49.4 Å². The zero-order valence-electron chi connectivity index (χ0n) is 16.0. The normalized spacial score (nSPS) is 14.7. The van der Waals surface area contributed by atoms with E-state index >= 15 is 0 Å². The maximum absolute atomic E-state index is 12.4. The quantitative estimate of drug-likeness (QED) is 0.813. The highest BCUT2D eigenvalue weighted by Crippen LogP contribution is 2.29. The fourth-order valence-corrected chi connectivity index (χ4v) is 3.28. The van der Waals surface area contributed by atoms with E-state index in [2.05, 4.69) is 21.2 Å². The van der Waals surface area contributed by atoms with Crippen LogP contribution in [0, 0.1) is 0 Å². The van der Waals surface area contributed by atoms with Gasteiger partial charge in [0.25, 0.3) is 0 Å². The molecule has 1 heterocycles. The Balaban J connectivity index is 1.53. The maximum Gasteiger partial charge on any atom is 0.238 e. The van der Waals surface area contributed by atoms with Crippen molar-refractivity contribution in [2.24, 2.45) is 0 Å². The van der Waals surface area contributed by atoms with E-state index < -0.39 is 0 Å². The third-order valence-corrected chi connectivity index (χ3v) is 4.63. The highest BCUT2D eigenvalue weighted by molar-refractivity contribution is 5.93. The number of hydrogen-bond donors (Lipinski definition) is 1. The second kappa shape index (κ2) is 9.28. The summed E-state index contributed by atoms with van der Waals surface area (Å²) in [6, 6.07) is 15.6. The molecular formula is C21H27N3O3. The maximum atomic E-state index is 12.4. The van der Waals surface area contributed by atoms with Crippen LogP contribution in [0.5, 0.6) is 11.5 Å². The van der Waals surface area contributed by atoms with Crippen LogP contribution in [0.1, 0.15) is 6.92 Å². The average molecular weight is 369 g/mol. The number of rotatable bonds is 7. The molecule has 6 heteroatoms. The van der Waals surface area contributed by atoms with Gasteiger partial charge in [-0.25, -0.2) is 0 Å². The zero-order chi connectivity index (χ0) is 19.1. The lowest BCUT2D eigenvalue weighted by atomic mass is 10.2. The molecule has 2 aromatic carbocycles. The fraction of sp³-hybridized carbons (Fsp3) is 0.381. The second-order valence-corrected chi connectivity index (χ2v) is 6.41. The minimum Gasteiger partial charge on any atom is -0.495 e. The van der Waals surface area contributed by atoms with Crippen LogP contribution < -0.4 is 19.7 Å². The van der Waals surface area contributed by atoms with Gasteiger partial charge < -0.3 is 19.7 Å². The Morgan fingerprint density at radius 2 is 1.67 bits per heavy atom. The van der Waals surface area contributed by atoms with Crippen LogP contribution in [0.3, 0.4) is 0 Å². The Hall–Kier alpha value is -2.73. The Morgan fingerprint density at radius 1 is 1.00 bits per heavy atom. The Labute approximate surface area is 160 Å². The number of nitrogens with one attached hydrogen (secondary N) is 1. The standard InChI is InChI=1S/C21H27N3O3/c1-3-27-20-11-7-5-9-18(20)24-14-12-23(13-15-24)16-21(25)22-17-8-4-6-10-19(17)26-2/h4-11H,3,12-16H2,1-2H3,(H,22,25). The Bertz CT molecular complexity index is 758. The van der Waals surface area contributed by atoms with Crippen LogP contribution in [-0.4, -0.2) is 57.2 Å². The molecule has 0 aliphatic carbocycles. The van der Waals surface area contributed by atoms with E-state index in [-0.39, 0.29) is 5.91 Å².